The highest BCUT2D eigenvalue weighted by Crippen LogP contribution is 2.40. The van der Waals surface area contributed by atoms with Crippen molar-refractivity contribution in [3.05, 3.63) is 94.6 Å². The van der Waals surface area contributed by atoms with Crippen LogP contribution in [0.15, 0.2) is 66.6 Å². The van der Waals surface area contributed by atoms with E-state index in [1.807, 2.05) is 31.3 Å². The van der Waals surface area contributed by atoms with E-state index in [4.69, 9.17) is 14.2 Å². The van der Waals surface area contributed by atoms with Crippen LogP contribution in [0.2, 0.25) is 0 Å². The average Bonchev–Trinajstić information content (AvgIpc) is 3.38. The number of Topliss-reactive ketones (excluding diaryl/α,β-unsaturated/α-hetero) is 1. The number of ether oxygens (including phenoxy) is 3. The van der Waals surface area contributed by atoms with Crippen molar-refractivity contribution < 1.29 is 28.2 Å². The zero-order valence-electron chi connectivity index (χ0n) is 19.4. The van der Waals surface area contributed by atoms with Crippen molar-refractivity contribution in [3.8, 4) is 17.2 Å². The van der Waals surface area contributed by atoms with Crippen molar-refractivity contribution >= 4 is 28.7 Å². The lowest BCUT2D eigenvalue weighted by Crippen LogP contribution is -2.09. The van der Waals surface area contributed by atoms with E-state index in [0.29, 0.717) is 16.9 Å². The molecule has 0 amide bonds. The van der Waals surface area contributed by atoms with Crippen molar-refractivity contribution in [2.75, 3.05) is 7.11 Å². The van der Waals surface area contributed by atoms with Gasteiger partial charge in [0, 0.05) is 34.8 Å². The van der Waals surface area contributed by atoms with Crippen LogP contribution in [0.25, 0.3) is 17.0 Å². The lowest BCUT2D eigenvalue weighted by Gasteiger charge is -2.10. The quantitative estimate of drug-likeness (QED) is 0.204. The summed E-state index contributed by atoms with van der Waals surface area (Å²) in [6, 6.07) is 14.0. The van der Waals surface area contributed by atoms with E-state index >= 15 is 0 Å². The number of allylic oxidation sites excluding steroid dienone is 1. The SMILES string of the molecule is CCn1cc(C=C2Oc3c(ccc(OC(=O)c4ccc(F)cc4)c3C)C2=O)c2cc(OC)ccc21. The minimum Gasteiger partial charge on any atom is -0.497 e. The maximum absolute atomic E-state index is 13.2. The molecule has 0 fully saturated rings. The number of benzene rings is 3. The van der Waals surface area contributed by atoms with Crippen LogP contribution in [0, 0.1) is 12.7 Å². The standard InChI is InChI=1S/C28H22FNO5/c1-4-30-15-18(22-14-20(33-3)9-11-23(22)30)13-25-26(31)21-10-12-24(16(2)27(21)34-25)35-28(32)17-5-7-19(29)8-6-17/h5-15H,4H2,1-3H3. The third-order valence-electron chi connectivity index (χ3n) is 6.07. The maximum Gasteiger partial charge on any atom is 0.343 e. The summed E-state index contributed by atoms with van der Waals surface area (Å²) in [6.45, 7) is 4.53. The highest BCUT2D eigenvalue weighted by Gasteiger charge is 2.31. The molecule has 1 aliphatic heterocycles. The van der Waals surface area contributed by atoms with Crippen LogP contribution in [-0.2, 0) is 6.54 Å². The van der Waals surface area contributed by atoms with Gasteiger partial charge >= 0.3 is 5.97 Å². The van der Waals surface area contributed by atoms with E-state index in [0.717, 1.165) is 28.8 Å². The van der Waals surface area contributed by atoms with Crippen LogP contribution in [0.4, 0.5) is 4.39 Å². The monoisotopic (exact) mass is 471 g/mol. The molecule has 7 heteroatoms. The molecule has 0 aliphatic carbocycles. The Labute approximate surface area is 201 Å². The summed E-state index contributed by atoms with van der Waals surface area (Å²) in [6.07, 6.45) is 3.69. The molecule has 0 bridgehead atoms. The third kappa shape index (κ3) is 3.95. The number of methoxy groups -OCH3 is 1. The van der Waals surface area contributed by atoms with E-state index in [2.05, 4.69) is 4.57 Å². The van der Waals surface area contributed by atoms with Gasteiger partial charge in [0.25, 0.3) is 0 Å². The predicted octanol–water partition coefficient (Wildman–Crippen LogP) is 5.95. The van der Waals surface area contributed by atoms with E-state index in [9.17, 15) is 14.0 Å². The Morgan fingerprint density at radius 2 is 1.89 bits per heavy atom. The van der Waals surface area contributed by atoms with E-state index in [-0.39, 0.29) is 22.9 Å². The number of esters is 1. The Morgan fingerprint density at radius 3 is 2.60 bits per heavy atom. The van der Waals surface area contributed by atoms with Gasteiger partial charge in [0.2, 0.25) is 5.78 Å². The number of ketones is 1. The van der Waals surface area contributed by atoms with Gasteiger partial charge in [-0.15, -0.1) is 0 Å². The zero-order valence-corrected chi connectivity index (χ0v) is 19.4. The summed E-state index contributed by atoms with van der Waals surface area (Å²) in [4.78, 5) is 25.6. The summed E-state index contributed by atoms with van der Waals surface area (Å²) in [5.41, 5.74) is 2.98. The van der Waals surface area contributed by atoms with Gasteiger partial charge < -0.3 is 18.8 Å². The first kappa shape index (κ1) is 22.4. The van der Waals surface area contributed by atoms with Crippen molar-refractivity contribution in [2.24, 2.45) is 0 Å². The lowest BCUT2D eigenvalue weighted by molar-refractivity contribution is 0.0733. The number of rotatable bonds is 5. The molecule has 35 heavy (non-hydrogen) atoms. The van der Waals surface area contributed by atoms with Crippen molar-refractivity contribution in [2.45, 2.75) is 20.4 Å². The number of carbonyl (C=O) groups is 2. The van der Waals surface area contributed by atoms with Gasteiger partial charge in [-0.3, -0.25) is 4.79 Å². The van der Waals surface area contributed by atoms with E-state index < -0.39 is 11.8 Å². The highest BCUT2D eigenvalue weighted by molar-refractivity contribution is 6.15. The molecule has 0 unspecified atom stereocenters. The van der Waals surface area contributed by atoms with Gasteiger partial charge in [-0.05, 0) is 74.5 Å². The number of halogens is 1. The Bertz CT molecular complexity index is 1510. The highest BCUT2D eigenvalue weighted by atomic mass is 19.1. The summed E-state index contributed by atoms with van der Waals surface area (Å²) >= 11 is 0. The van der Waals surface area contributed by atoms with Crippen LogP contribution in [0.1, 0.15) is 38.8 Å². The third-order valence-corrected chi connectivity index (χ3v) is 6.07. The number of hydrogen-bond donors (Lipinski definition) is 0. The molecule has 0 saturated heterocycles. The van der Waals surface area contributed by atoms with Gasteiger partial charge in [0.05, 0.1) is 18.2 Å². The fourth-order valence-electron chi connectivity index (χ4n) is 4.17. The number of aromatic nitrogens is 1. The topological polar surface area (TPSA) is 66.8 Å². The first-order valence-electron chi connectivity index (χ1n) is 11.1. The summed E-state index contributed by atoms with van der Waals surface area (Å²) in [7, 11) is 1.61. The normalized spacial score (nSPS) is 13.7. The first-order valence-corrected chi connectivity index (χ1v) is 11.1. The second-order valence-electron chi connectivity index (χ2n) is 8.16. The Hall–Kier alpha value is -4.39. The molecular weight excluding hydrogens is 449 g/mol. The van der Waals surface area contributed by atoms with Gasteiger partial charge in [-0.2, -0.15) is 0 Å². The summed E-state index contributed by atoms with van der Waals surface area (Å²) < 4.78 is 32.1. The zero-order chi connectivity index (χ0) is 24.7. The first-order chi connectivity index (χ1) is 16.9. The molecule has 0 N–H and O–H groups in total. The van der Waals surface area contributed by atoms with E-state index in [1.165, 1.54) is 24.3 Å². The molecule has 0 saturated carbocycles. The Balaban J connectivity index is 1.47. The lowest BCUT2D eigenvalue weighted by atomic mass is 10.1. The average molecular weight is 471 g/mol. The molecular formula is C28H22FNO5. The van der Waals surface area contributed by atoms with Gasteiger partial charge in [-0.25, -0.2) is 9.18 Å². The molecule has 2 heterocycles. The number of aryl methyl sites for hydroxylation is 1. The molecule has 6 nitrogen and oxygen atoms in total. The maximum atomic E-state index is 13.2. The second kappa shape index (κ2) is 8.76. The van der Waals surface area contributed by atoms with Crippen molar-refractivity contribution in [3.63, 3.8) is 0 Å². The number of nitrogens with zero attached hydrogens (tertiary/aromatic N) is 1. The van der Waals surface area contributed by atoms with Crippen LogP contribution in [0.5, 0.6) is 17.2 Å². The van der Waals surface area contributed by atoms with Crippen LogP contribution < -0.4 is 14.2 Å². The fourth-order valence-corrected chi connectivity index (χ4v) is 4.17. The van der Waals surface area contributed by atoms with E-state index in [1.54, 1.807) is 32.2 Å². The Kier molecular flexibility index (Phi) is 5.61. The molecule has 3 aromatic carbocycles. The molecule has 1 aliphatic rings. The second-order valence-corrected chi connectivity index (χ2v) is 8.16. The van der Waals surface area contributed by atoms with Crippen LogP contribution >= 0.6 is 0 Å². The minimum absolute atomic E-state index is 0.183. The van der Waals surface area contributed by atoms with Crippen molar-refractivity contribution in [1.82, 2.24) is 4.57 Å². The molecule has 1 aromatic heterocycles. The molecule has 0 spiro atoms. The number of hydrogen-bond acceptors (Lipinski definition) is 5. The number of fused-ring (bicyclic) bond motifs is 2. The summed E-state index contributed by atoms with van der Waals surface area (Å²) in [5.74, 6) is 0.192. The molecule has 4 aromatic rings. The smallest absolute Gasteiger partial charge is 0.343 e. The largest absolute Gasteiger partial charge is 0.497 e. The van der Waals surface area contributed by atoms with Gasteiger partial charge in [0.1, 0.15) is 23.1 Å². The molecule has 176 valence electrons. The fraction of sp³-hybridized carbons (Fsp3) is 0.143. The Morgan fingerprint density at radius 1 is 1.11 bits per heavy atom. The molecule has 0 atom stereocenters. The molecule has 0 radical (unpaired) electrons. The van der Waals surface area contributed by atoms with Crippen LogP contribution in [-0.4, -0.2) is 23.4 Å². The van der Waals surface area contributed by atoms with Gasteiger partial charge in [-0.1, -0.05) is 0 Å². The minimum atomic E-state index is -0.630. The summed E-state index contributed by atoms with van der Waals surface area (Å²) in [5, 5.41) is 0.941. The number of carbonyl (C=O) groups excluding carboxylic acids is 2. The van der Waals surface area contributed by atoms with Crippen LogP contribution in [0.3, 0.4) is 0 Å². The molecule has 5 rings (SSSR count). The van der Waals surface area contributed by atoms with Crippen molar-refractivity contribution in [1.29, 1.82) is 0 Å². The predicted molar refractivity (Wildman–Crippen MR) is 130 cm³/mol. The van der Waals surface area contributed by atoms with Gasteiger partial charge in [0.15, 0.2) is 5.76 Å².